The molecule has 2 heterocycles. The third-order valence-corrected chi connectivity index (χ3v) is 5.97. The highest BCUT2D eigenvalue weighted by atomic mass is 35.5. The largest absolute Gasteiger partial charge is 0.447 e. The molecule has 1 saturated heterocycles. The summed E-state index contributed by atoms with van der Waals surface area (Å²) in [4.78, 5) is 11.8. The first-order valence-corrected chi connectivity index (χ1v) is 8.95. The van der Waals surface area contributed by atoms with E-state index >= 15 is 0 Å². The SMILES string of the molecule is NC(=O)c1ccc(Oc2cc(Cl)cs2)cc1C1CC2CC1CN2. The number of rotatable bonds is 4. The van der Waals surface area contributed by atoms with Gasteiger partial charge in [0.05, 0.1) is 5.02 Å². The van der Waals surface area contributed by atoms with Crippen LogP contribution in [0.25, 0.3) is 0 Å². The maximum atomic E-state index is 11.8. The molecule has 3 atom stereocenters. The van der Waals surface area contributed by atoms with Crippen LogP contribution in [-0.4, -0.2) is 18.5 Å². The van der Waals surface area contributed by atoms with Crippen molar-refractivity contribution in [2.45, 2.75) is 24.8 Å². The quantitative estimate of drug-likeness (QED) is 0.884. The van der Waals surface area contributed by atoms with Gasteiger partial charge in [-0.15, -0.1) is 11.3 Å². The monoisotopic (exact) mass is 348 g/mol. The first-order valence-electron chi connectivity index (χ1n) is 7.69. The minimum atomic E-state index is -0.374. The van der Waals surface area contributed by atoms with Crippen molar-refractivity contribution in [1.29, 1.82) is 0 Å². The molecular formula is C17H17ClN2O2S. The summed E-state index contributed by atoms with van der Waals surface area (Å²) in [6.07, 6.45) is 2.23. The van der Waals surface area contributed by atoms with Crippen molar-refractivity contribution in [3.8, 4) is 10.8 Å². The molecule has 2 fully saturated rings. The smallest absolute Gasteiger partial charge is 0.248 e. The Labute approximate surface area is 143 Å². The Bertz CT molecular complexity index is 761. The summed E-state index contributed by atoms with van der Waals surface area (Å²) in [6, 6.07) is 7.89. The van der Waals surface area contributed by atoms with Gasteiger partial charge in [-0.2, -0.15) is 0 Å². The van der Waals surface area contributed by atoms with E-state index in [2.05, 4.69) is 5.32 Å². The lowest BCUT2D eigenvalue weighted by Crippen LogP contribution is -2.29. The zero-order valence-electron chi connectivity index (χ0n) is 12.4. The molecule has 4 nitrogen and oxygen atoms in total. The Hall–Kier alpha value is -1.56. The molecule has 2 bridgehead atoms. The average Bonchev–Trinajstić information content (AvgIpc) is 3.24. The van der Waals surface area contributed by atoms with Crippen LogP contribution in [0.5, 0.6) is 10.8 Å². The van der Waals surface area contributed by atoms with Crippen molar-refractivity contribution in [1.82, 2.24) is 5.32 Å². The van der Waals surface area contributed by atoms with E-state index in [0.717, 1.165) is 29.3 Å². The number of benzene rings is 1. The molecule has 1 amide bonds. The molecule has 2 aliphatic rings. The van der Waals surface area contributed by atoms with E-state index in [1.54, 1.807) is 18.2 Å². The summed E-state index contributed by atoms with van der Waals surface area (Å²) in [5.74, 6) is 1.30. The fourth-order valence-electron chi connectivity index (χ4n) is 3.82. The third-order valence-electron chi connectivity index (χ3n) is 4.81. The Balaban J connectivity index is 1.67. The van der Waals surface area contributed by atoms with Crippen LogP contribution in [0, 0.1) is 5.92 Å². The molecule has 6 heteroatoms. The van der Waals surface area contributed by atoms with Gasteiger partial charge >= 0.3 is 0 Å². The lowest BCUT2D eigenvalue weighted by atomic mass is 9.85. The van der Waals surface area contributed by atoms with E-state index < -0.39 is 0 Å². The number of carbonyl (C=O) groups is 1. The molecule has 23 heavy (non-hydrogen) atoms. The van der Waals surface area contributed by atoms with Crippen molar-refractivity contribution in [2.24, 2.45) is 11.7 Å². The van der Waals surface area contributed by atoms with Gasteiger partial charge < -0.3 is 15.8 Å². The molecule has 4 rings (SSSR count). The van der Waals surface area contributed by atoms with Crippen molar-refractivity contribution < 1.29 is 9.53 Å². The number of primary amides is 1. The van der Waals surface area contributed by atoms with Crippen LogP contribution in [0.1, 0.15) is 34.7 Å². The Morgan fingerprint density at radius 2 is 2.22 bits per heavy atom. The van der Waals surface area contributed by atoms with Crippen molar-refractivity contribution in [3.63, 3.8) is 0 Å². The van der Waals surface area contributed by atoms with Crippen LogP contribution >= 0.6 is 22.9 Å². The number of piperidine rings is 1. The number of amides is 1. The van der Waals surface area contributed by atoms with Crippen LogP contribution in [0.2, 0.25) is 5.02 Å². The van der Waals surface area contributed by atoms with Crippen LogP contribution in [0.15, 0.2) is 29.6 Å². The van der Waals surface area contributed by atoms with Gasteiger partial charge in [-0.1, -0.05) is 11.6 Å². The van der Waals surface area contributed by atoms with E-state index in [1.807, 2.05) is 11.4 Å². The van der Waals surface area contributed by atoms with Crippen LogP contribution < -0.4 is 15.8 Å². The van der Waals surface area contributed by atoms with Gasteiger partial charge in [0.25, 0.3) is 0 Å². The van der Waals surface area contributed by atoms with Gasteiger partial charge in [0.2, 0.25) is 5.91 Å². The summed E-state index contributed by atoms with van der Waals surface area (Å²) < 4.78 is 5.88. The Morgan fingerprint density at radius 3 is 2.83 bits per heavy atom. The second kappa shape index (κ2) is 5.82. The molecule has 120 valence electrons. The first-order chi connectivity index (χ1) is 11.1. The van der Waals surface area contributed by atoms with E-state index in [0.29, 0.717) is 28.5 Å². The summed E-state index contributed by atoms with van der Waals surface area (Å²) >= 11 is 7.38. The van der Waals surface area contributed by atoms with Crippen LogP contribution in [-0.2, 0) is 0 Å². The summed E-state index contributed by atoms with van der Waals surface area (Å²) in [5, 5.41) is 6.74. The van der Waals surface area contributed by atoms with Gasteiger partial charge in [0.15, 0.2) is 5.06 Å². The summed E-state index contributed by atoms with van der Waals surface area (Å²) in [7, 11) is 0. The highest BCUT2D eigenvalue weighted by molar-refractivity contribution is 7.12. The maximum Gasteiger partial charge on any atom is 0.248 e. The number of nitrogens with one attached hydrogen (secondary N) is 1. The maximum absolute atomic E-state index is 11.8. The van der Waals surface area contributed by atoms with Crippen molar-refractivity contribution in [3.05, 3.63) is 45.8 Å². The highest BCUT2D eigenvalue weighted by Gasteiger charge is 2.41. The summed E-state index contributed by atoms with van der Waals surface area (Å²) in [5.41, 5.74) is 7.21. The van der Waals surface area contributed by atoms with E-state index in [9.17, 15) is 4.79 Å². The van der Waals surface area contributed by atoms with Gasteiger partial charge in [-0.05, 0) is 55.0 Å². The minimum Gasteiger partial charge on any atom is -0.447 e. The van der Waals surface area contributed by atoms with Gasteiger partial charge in [-0.25, -0.2) is 0 Å². The average molecular weight is 349 g/mol. The number of carbonyl (C=O) groups excluding carboxylic acids is 1. The normalized spacial score (nSPS) is 25.7. The second-order valence-corrected chi connectivity index (χ2v) is 7.55. The molecule has 0 radical (unpaired) electrons. The Morgan fingerprint density at radius 1 is 1.35 bits per heavy atom. The third kappa shape index (κ3) is 2.84. The standard InChI is InChI=1S/C17H17ClN2O2S/c18-10-4-16(23-8-10)22-12-1-2-13(17(19)21)15(6-12)14-5-11-3-9(14)7-20-11/h1-2,4,6,8-9,11,14,20H,3,5,7H2,(H2,19,21). The topological polar surface area (TPSA) is 64.4 Å². The number of nitrogens with two attached hydrogens (primary N) is 1. The highest BCUT2D eigenvalue weighted by Crippen LogP contribution is 2.45. The van der Waals surface area contributed by atoms with E-state index in [1.165, 1.54) is 17.8 Å². The fraction of sp³-hybridized carbons (Fsp3) is 0.353. The molecule has 1 aromatic heterocycles. The number of fused-ring (bicyclic) bond motifs is 2. The predicted molar refractivity (Wildman–Crippen MR) is 91.6 cm³/mol. The van der Waals surface area contributed by atoms with Crippen LogP contribution in [0.4, 0.5) is 0 Å². The number of hydrogen-bond acceptors (Lipinski definition) is 4. The number of hydrogen-bond donors (Lipinski definition) is 2. The van der Waals surface area contributed by atoms with Crippen LogP contribution in [0.3, 0.4) is 0 Å². The zero-order valence-corrected chi connectivity index (χ0v) is 14.0. The second-order valence-electron chi connectivity index (χ2n) is 6.24. The number of halogens is 1. The lowest BCUT2D eigenvalue weighted by molar-refractivity contribution is 0.0998. The molecule has 1 saturated carbocycles. The summed E-state index contributed by atoms with van der Waals surface area (Å²) in [6.45, 7) is 1.01. The zero-order chi connectivity index (χ0) is 16.0. The van der Waals surface area contributed by atoms with E-state index in [4.69, 9.17) is 22.1 Å². The molecule has 2 aromatic rings. The fourth-order valence-corrected chi connectivity index (χ4v) is 4.75. The minimum absolute atomic E-state index is 0.374. The number of thiophene rings is 1. The molecule has 3 N–H and O–H groups in total. The van der Waals surface area contributed by atoms with Gasteiger partial charge in [-0.3, -0.25) is 4.79 Å². The first kappa shape index (κ1) is 15.0. The molecule has 3 unspecified atom stereocenters. The molecule has 1 aliphatic carbocycles. The Kier molecular flexibility index (Phi) is 3.79. The van der Waals surface area contributed by atoms with E-state index in [-0.39, 0.29) is 5.91 Å². The van der Waals surface area contributed by atoms with Crippen molar-refractivity contribution >= 4 is 28.8 Å². The number of ether oxygens (including phenoxy) is 1. The van der Waals surface area contributed by atoms with Crippen molar-refractivity contribution in [2.75, 3.05) is 6.54 Å². The van der Waals surface area contributed by atoms with Gasteiger partial charge in [0, 0.05) is 23.1 Å². The molecule has 0 spiro atoms. The predicted octanol–water partition coefficient (Wildman–Crippen LogP) is 3.76. The van der Waals surface area contributed by atoms with Gasteiger partial charge in [0.1, 0.15) is 5.75 Å². The molecule has 1 aromatic carbocycles. The molecule has 1 aliphatic heterocycles. The lowest BCUT2D eigenvalue weighted by Gasteiger charge is -2.24. The molecular weight excluding hydrogens is 332 g/mol.